The molecule has 26 heavy (non-hydrogen) atoms. The van der Waals surface area contributed by atoms with Gasteiger partial charge < -0.3 is 4.57 Å². The Bertz CT molecular complexity index is 818. The zero-order chi connectivity index (χ0) is 17.8. The Morgan fingerprint density at radius 3 is 2.27 bits per heavy atom. The van der Waals surface area contributed by atoms with Crippen LogP contribution in [0, 0.1) is 6.92 Å². The topological polar surface area (TPSA) is 37.2 Å². The normalized spacial score (nSPS) is 16.0. The molecule has 3 heterocycles. The second kappa shape index (κ2) is 7.81. The molecule has 0 bridgehead atoms. The van der Waals surface area contributed by atoms with Gasteiger partial charge in [0.2, 0.25) is 0 Å². The molecule has 0 spiro atoms. The van der Waals surface area contributed by atoms with E-state index in [1.54, 1.807) is 6.20 Å². The Balaban J connectivity index is 1.29. The lowest BCUT2D eigenvalue weighted by atomic mass is 10.1. The number of aromatic nitrogens is 3. The lowest BCUT2D eigenvalue weighted by molar-refractivity contribution is 0.121. The summed E-state index contributed by atoms with van der Waals surface area (Å²) in [7, 11) is 0. The molecule has 0 radical (unpaired) electrons. The zero-order valence-electron chi connectivity index (χ0n) is 15.3. The van der Waals surface area contributed by atoms with Gasteiger partial charge in [-0.1, -0.05) is 18.2 Å². The average Bonchev–Trinajstić information content (AvgIpc) is 3.21. The van der Waals surface area contributed by atoms with Crippen molar-refractivity contribution in [2.75, 3.05) is 26.2 Å². The summed E-state index contributed by atoms with van der Waals surface area (Å²) in [6.45, 7) is 8.53. The fourth-order valence-corrected chi connectivity index (χ4v) is 3.44. The van der Waals surface area contributed by atoms with Crippen LogP contribution in [0.2, 0.25) is 0 Å². The summed E-state index contributed by atoms with van der Waals surface area (Å²) in [6.07, 6.45) is 7.50. The Morgan fingerprint density at radius 1 is 0.885 bits per heavy atom. The van der Waals surface area contributed by atoms with Gasteiger partial charge in [0.15, 0.2) is 0 Å². The van der Waals surface area contributed by atoms with Crippen LogP contribution in [0.4, 0.5) is 0 Å². The lowest BCUT2D eigenvalue weighted by Gasteiger charge is -2.34. The maximum Gasteiger partial charge on any atom is 0.0991 e. The van der Waals surface area contributed by atoms with Crippen LogP contribution in [-0.2, 0) is 13.1 Å². The highest BCUT2D eigenvalue weighted by Crippen LogP contribution is 2.14. The van der Waals surface area contributed by atoms with Crippen molar-refractivity contribution in [3.8, 4) is 5.69 Å². The minimum atomic E-state index is 0.958. The highest BCUT2D eigenvalue weighted by atomic mass is 15.3. The molecule has 0 atom stereocenters. The maximum absolute atomic E-state index is 4.53. The lowest BCUT2D eigenvalue weighted by Crippen LogP contribution is -2.45. The predicted molar refractivity (Wildman–Crippen MR) is 103 cm³/mol. The number of pyridine rings is 1. The SMILES string of the molecule is Cc1cccnc1CN1CCN(Cc2ccc(-n3ccnc3)cc2)CC1. The van der Waals surface area contributed by atoms with Gasteiger partial charge in [-0.15, -0.1) is 0 Å². The van der Waals surface area contributed by atoms with E-state index in [9.17, 15) is 0 Å². The van der Waals surface area contributed by atoms with E-state index in [-0.39, 0.29) is 0 Å². The molecule has 0 N–H and O–H groups in total. The van der Waals surface area contributed by atoms with Crippen molar-refractivity contribution in [3.05, 3.63) is 78.1 Å². The largest absolute Gasteiger partial charge is 0.306 e. The molecule has 0 unspecified atom stereocenters. The standard InChI is InChI=1S/C21H25N5/c1-18-3-2-8-23-21(18)16-25-13-11-24(12-14-25)15-19-4-6-20(7-5-19)26-10-9-22-17-26/h2-10,17H,11-16H2,1H3. The molecule has 0 amide bonds. The molecule has 5 heteroatoms. The highest BCUT2D eigenvalue weighted by Gasteiger charge is 2.18. The number of benzene rings is 1. The van der Waals surface area contributed by atoms with Crippen LogP contribution < -0.4 is 0 Å². The van der Waals surface area contributed by atoms with Crippen molar-refractivity contribution in [2.24, 2.45) is 0 Å². The Hall–Kier alpha value is -2.50. The first-order valence-corrected chi connectivity index (χ1v) is 9.20. The first-order chi connectivity index (χ1) is 12.8. The molecule has 0 aliphatic carbocycles. The van der Waals surface area contributed by atoms with E-state index in [2.05, 4.69) is 57.0 Å². The molecule has 134 valence electrons. The van der Waals surface area contributed by atoms with E-state index in [4.69, 9.17) is 0 Å². The maximum atomic E-state index is 4.53. The van der Waals surface area contributed by atoms with Gasteiger partial charge >= 0.3 is 0 Å². The number of aryl methyl sites for hydroxylation is 1. The number of piperazine rings is 1. The Kier molecular flexibility index (Phi) is 5.09. The number of nitrogens with zero attached hydrogens (tertiary/aromatic N) is 5. The summed E-state index contributed by atoms with van der Waals surface area (Å²) in [6, 6.07) is 12.9. The minimum absolute atomic E-state index is 0.958. The van der Waals surface area contributed by atoms with Crippen LogP contribution in [0.1, 0.15) is 16.8 Å². The number of rotatable bonds is 5. The van der Waals surface area contributed by atoms with E-state index in [0.29, 0.717) is 0 Å². The van der Waals surface area contributed by atoms with Gasteiger partial charge in [-0.25, -0.2) is 4.98 Å². The third kappa shape index (κ3) is 4.00. The van der Waals surface area contributed by atoms with E-state index in [1.165, 1.54) is 16.8 Å². The molecule has 3 aromatic rings. The minimum Gasteiger partial charge on any atom is -0.306 e. The predicted octanol–water partition coefficient (Wildman–Crippen LogP) is 2.89. The molecule has 1 fully saturated rings. The van der Waals surface area contributed by atoms with E-state index < -0.39 is 0 Å². The van der Waals surface area contributed by atoms with Crippen molar-refractivity contribution < 1.29 is 0 Å². The number of imidazole rings is 1. The summed E-state index contributed by atoms with van der Waals surface area (Å²) in [5.41, 5.74) is 5.01. The van der Waals surface area contributed by atoms with E-state index in [0.717, 1.165) is 45.0 Å². The van der Waals surface area contributed by atoms with Gasteiger partial charge in [0.1, 0.15) is 0 Å². The van der Waals surface area contributed by atoms with Crippen LogP contribution in [-0.4, -0.2) is 50.5 Å². The van der Waals surface area contributed by atoms with Crippen LogP contribution in [0.15, 0.2) is 61.3 Å². The van der Waals surface area contributed by atoms with Gasteiger partial charge in [-0.2, -0.15) is 0 Å². The van der Waals surface area contributed by atoms with Gasteiger partial charge in [0.05, 0.1) is 12.0 Å². The average molecular weight is 347 g/mol. The molecule has 1 saturated heterocycles. The number of hydrogen-bond acceptors (Lipinski definition) is 4. The third-order valence-corrected chi connectivity index (χ3v) is 5.10. The Morgan fingerprint density at radius 2 is 1.62 bits per heavy atom. The van der Waals surface area contributed by atoms with Crippen molar-refractivity contribution in [2.45, 2.75) is 20.0 Å². The quantitative estimate of drug-likeness (QED) is 0.711. The molecule has 0 saturated carbocycles. The summed E-state index contributed by atoms with van der Waals surface area (Å²) < 4.78 is 2.03. The van der Waals surface area contributed by atoms with Crippen LogP contribution in [0.25, 0.3) is 5.69 Å². The zero-order valence-corrected chi connectivity index (χ0v) is 15.3. The molecule has 1 aliphatic rings. The summed E-state index contributed by atoms with van der Waals surface area (Å²) in [5.74, 6) is 0. The molecule has 1 aliphatic heterocycles. The summed E-state index contributed by atoms with van der Waals surface area (Å²) >= 11 is 0. The Labute approximate surface area is 154 Å². The smallest absolute Gasteiger partial charge is 0.0991 e. The van der Waals surface area contributed by atoms with Gasteiger partial charge in [0.25, 0.3) is 0 Å². The second-order valence-electron chi connectivity index (χ2n) is 6.96. The summed E-state index contributed by atoms with van der Waals surface area (Å²) in [4.78, 5) is 13.7. The number of hydrogen-bond donors (Lipinski definition) is 0. The molecular formula is C21H25N5. The van der Waals surface area contributed by atoms with Crippen molar-refractivity contribution in [1.29, 1.82) is 0 Å². The first kappa shape index (κ1) is 16.9. The molecule has 5 nitrogen and oxygen atoms in total. The van der Waals surface area contributed by atoms with Crippen molar-refractivity contribution in [3.63, 3.8) is 0 Å². The molecule has 1 aromatic carbocycles. The van der Waals surface area contributed by atoms with Gasteiger partial charge in [-0.3, -0.25) is 14.8 Å². The van der Waals surface area contributed by atoms with Crippen LogP contribution >= 0.6 is 0 Å². The van der Waals surface area contributed by atoms with Crippen molar-refractivity contribution in [1.82, 2.24) is 24.3 Å². The van der Waals surface area contributed by atoms with Crippen LogP contribution in [0.5, 0.6) is 0 Å². The third-order valence-electron chi connectivity index (χ3n) is 5.10. The fourth-order valence-electron chi connectivity index (χ4n) is 3.44. The van der Waals surface area contributed by atoms with Crippen molar-refractivity contribution >= 4 is 0 Å². The molecule has 4 rings (SSSR count). The monoisotopic (exact) mass is 347 g/mol. The second-order valence-corrected chi connectivity index (χ2v) is 6.96. The van der Waals surface area contributed by atoms with E-state index in [1.807, 2.05) is 29.4 Å². The molecule has 2 aromatic heterocycles. The fraction of sp³-hybridized carbons (Fsp3) is 0.333. The summed E-state index contributed by atoms with van der Waals surface area (Å²) in [5, 5.41) is 0. The van der Waals surface area contributed by atoms with E-state index >= 15 is 0 Å². The first-order valence-electron chi connectivity index (χ1n) is 9.20. The van der Waals surface area contributed by atoms with Crippen LogP contribution in [0.3, 0.4) is 0 Å². The highest BCUT2D eigenvalue weighted by molar-refractivity contribution is 5.34. The van der Waals surface area contributed by atoms with Gasteiger partial charge in [0, 0.05) is 63.5 Å². The van der Waals surface area contributed by atoms with Gasteiger partial charge in [-0.05, 0) is 36.2 Å². The molecular weight excluding hydrogens is 322 g/mol.